The second-order valence-electron chi connectivity index (χ2n) is 8.79. The normalized spacial score (nSPS) is 12.6. The predicted molar refractivity (Wildman–Crippen MR) is 107 cm³/mol. The molecule has 3 rings (SSSR count). The summed E-state index contributed by atoms with van der Waals surface area (Å²) in [6, 6.07) is 22.4. The first-order valence-corrected chi connectivity index (χ1v) is 8.81. The summed E-state index contributed by atoms with van der Waals surface area (Å²) in [5.74, 6) is 0. The van der Waals surface area contributed by atoms with E-state index in [1.54, 1.807) is 0 Å². The van der Waals surface area contributed by atoms with Crippen molar-refractivity contribution in [1.29, 1.82) is 0 Å². The molecule has 0 aliphatic carbocycles. The van der Waals surface area contributed by atoms with Gasteiger partial charge in [0, 0.05) is 0 Å². The molecule has 0 unspecified atom stereocenters. The highest BCUT2D eigenvalue weighted by Gasteiger charge is 2.18. The van der Waals surface area contributed by atoms with Crippen LogP contribution in [0.5, 0.6) is 0 Å². The Hall–Kier alpha value is -2.08. The molecule has 0 saturated heterocycles. The lowest BCUT2D eigenvalue weighted by atomic mass is 9.82. The van der Waals surface area contributed by atoms with Crippen molar-refractivity contribution in [2.45, 2.75) is 52.4 Å². The summed E-state index contributed by atoms with van der Waals surface area (Å²) in [5, 5.41) is 2.71. The molecule has 0 bridgehead atoms. The van der Waals surface area contributed by atoms with E-state index in [-0.39, 0.29) is 10.8 Å². The van der Waals surface area contributed by atoms with Gasteiger partial charge in [0.1, 0.15) is 0 Å². The van der Waals surface area contributed by atoms with E-state index in [4.69, 9.17) is 0 Å². The smallest absolute Gasteiger partial charge is 0.0102 e. The molecule has 3 aromatic rings. The second kappa shape index (κ2) is 5.77. The lowest BCUT2D eigenvalue weighted by Crippen LogP contribution is -2.11. The van der Waals surface area contributed by atoms with Crippen molar-refractivity contribution in [3.63, 3.8) is 0 Å². The van der Waals surface area contributed by atoms with Crippen molar-refractivity contribution in [2.24, 2.45) is 0 Å². The van der Waals surface area contributed by atoms with Crippen LogP contribution < -0.4 is 0 Å². The van der Waals surface area contributed by atoms with Crippen LogP contribution in [0.1, 0.15) is 52.7 Å². The van der Waals surface area contributed by atoms with Crippen LogP contribution in [-0.4, -0.2) is 0 Å². The third-order valence-electron chi connectivity index (χ3n) is 4.77. The molecule has 0 aliphatic heterocycles. The Kier molecular flexibility index (Phi) is 4.03. The maximum absolute atomic E-state index is 2.35. The van der Waals surface area contributed by atoms with Gasteiger partial charge in [-0.3, -0.25) is 0 Å². The molecule has 0 N–H and O–H groups in total. The van der Waals surface area contributed by atoms with Crippen molar-refractivity contribution >= 4 is 10.8 Å². The zero-order valence-corrected chi connectivity index (χ0v) is 15.8. The van der Waals surface area contributed by atoms with Crippen LogP contribution in [0.2, 0.25) is 0 Å². The summed E-state index contributed by atoms with van der Waals surface area (Å²) >= 11 is 0. The molecular formula is C24H28. The van der Waals surface area contributed by atoms with Gasteiger partial charge in [0.05, 0.1) is 0 Å². The van der Waals surface area contributed by atoms with Gasteiger partial charge in [-0.25, -0.2) is 0 Å². The minimum Gasteiger partial charge on any atom is -0.0614 e. The van der Waals surface area contributed by atoms with Crippen molar-refractivity contribution in [1.82, 2.24) is 0 Å². The SMILES string of the molecule is CC(C)(C)c1cccc(-c2cccc3c(C(C)(C)C)cccc23)c1. The van der Waals surface area contributed by atoms with Gasteiger partial charge in [-0.2, -0.15) is 0 Å². The first kappa shape index (κ1) is 16.8. The minimum absolute atomic E-state index is 0.144. The van der Waals surface area contributed by atoms with Crippen LogP contribution in [0.25, 0.3) is 21.9 Å². The molecule has 0 aliphatic rings. The third-order valence-corrected chi connectivity index (χ3v) is 4.77. The van der Waals surface area contributed by atoms with E-state index in [1.165, 1.54) is 33.0 Å². The van der Waals surface area contributed by atoms with E-state index < -0.39 is 0 Å². The first-order chi connectivity index (χ1) is 11.2. The summed E-state index contributed by atoms with van der Waals surface area (Å²) in [7, 11) is 0. The van der Waals surface area contributed by atoms with Gasteiger partial charge in [-0.05, 0) is 43.9 Å². The number of hydrogen-bond donors (Lipinski definition) is 0. The summed E-state index contributed by atoms with van der Waals surface area (Å²) < 4.78 is 0. The fraction of sp³-hybridized carbons (Fsp3) is 0.333. The Morgan fingerprint density at radius 3 is 1.88 bits per heavy atom. The van der Waals surface area contributed by atoms with Crippen LogP contribution in [-0.2, 0) is 10.8 Å². The zero-order valence-electron chi connectivity index (χ0n) is 15.8. The van der Waals surface area contributed by atoms with Gasteiger partial charge < -0.3 is 0 Å². The van der Waals surface area contributed by atoms with Gasteiger partial charge in [0.25, 0.3) is 0 Å². The van der Waals surface area contributed by atoms with E-state index in [9.17, 15) is 0 Å². The van der Waals surface area contributed by atoms with E-state index in [1.807, 2.05) is 0 Å². The lowest BCUT2D eigenvalue weighted by Gasteiger charge is -2.23. The standard InChI is InChI=1S/C24H28/c1-23(2,3)18-11-7-10-17(16-18)19-12-8-14-21-20(19)13-9-15-22(21)24(4,5)6/h7-16H,1-6H3. The van der Waals surface area contributed by atoms with Crippen molar-refractivity contribution in [3.05, 3.63) is 71.8 Å². The second-order valence-corrected chi connectivity index (χ2v) is 8.79. The summed E-state index contributed by atoms with van der Waals surface area (Å²) in [6.45, 7) is 13.7. The van der Waals surface area contributed by atoms with E-state index in [0.29, 0.717) is 0 Å². The van der Waals surface area contributed by atoms with E-state index >= 15 is 0 Å². The Labute approximate surface area is 146 Å². The molecule has 0 saturated carbocycles. The molecule has 0 atom stereocenters. The average molecular weight is 316 g/mol. The Balaban J connectivity index is 2.25. The maximum atomic E-state index is 2.35. The van der Waals surface area contributed by atoms with Gasteiger partial charge in [-0.15, -0.1) is 0 Å². The van der Waals surface area contributed by atoms with E-state index in [2.05, 4.69) is 102 Å². The first-order valence-electron chi connectivity index (χ1n) is 8.81. The molecule has 0 aromatic heterocycles. The molecule has 0 heteroatoms. The largest absolute Gasteiger partial charge is 0.0614 e. The molecule has 0 spiro atoms. The Morgan fingerprint density at radius 2 is 1.21 bits per heavy atom. The van der Waals surface area contributed by atoms with Crippen molar-refractivity contribution < 1.29 is 0 Å². The van der Waals surface area contributed by atoms with Crippen LogP contribution >= 0.6 is 0 Å². The topological polar surface area (TPSA) is 0 Å². The average Bonchev–Trinajstić information content (AvgIpc) is 2.52. The van der Waals surface area contributed by atoms with Gasteiger partial charge >= 0.3 is 0 Å². The van der Waals surface area contributed by atoms with Crippen molar-refractivity contribution in [2.75, 3.05) is 0 Å². The minimum atomic E-state index is 0.144. The third kappa shape index (κ3) is 3.11. The number of fused-ring (bicyclic) bond motifs is 1. The van der Waals surface area contributed by atoms with Crippen LogP contribution in [0, 0.1) is 0 Å². The Bertz CT molecular complexity index is 870. The van der Waals surface area contributed by atoms with Crippen LogP contribution in [0.15, 0.2) is 60.7 Å². The number of benzene rings is 3. The predicted octanol–water partition coefficient (Wildman–Crippen LogP) is 7.10. The number of hydrogen-bond acceptors (Lipinski definition) is 0. The summed E-state index contributed by atoms with van der Waals surface area (Å²) in [6.07, 6.45) is 0. The molecule has 0 fully saturated rings. The molecule has 124 valence electrons. The van der Waals surface area contributed by atoms with Crippen LogP contribution in [0.4, 0.5) is 0 Å². The highest BCUT2D eigenvalue weighted by molar-refractivity contribution is 5.98. The fourth-order valence-electron chi connectivity index (χ4n) is 3.37. The molecule has 24 heavy (non-hydrogen) atoms. The molecule has 0 nitrogen and oxygen atoms in total. The van der Waals surface area contributed by atoms with Gasteiger partial charge in [0.15, 0.2) is 0 Å². The fourth-order valence-corrected chi connectivity index (χ4v) is 3.37. The van der Waals surface area contributed by atoms with Gasteiger partial charge in [0.2, 0.25) is 0 Å². The summed E-state index contributed by atoms with van der Waals surface area (Å²) in [5.41, 5.74) is 5.73. The Morgan fingerprint density at radius 1 is 0.583 bits per heavy atom. The molecular weight excluding hydrogens is 288 g/mol. The quantitative estimate of drug-likeness (QED) is 0.449. The molecule has 3 aromatic carbocycles. The highest BCUT2D eigenvalue weighted by atomic mass is 14.2. The molecule has 0 amide bonds. The maximum Gasteiger partial charge on any atom is -0.0102 e. The van der Waals surface area contributed by atoms with Crippen LogP contribution in [0.3, 0.4) is 0 Å². The van der Waals surface area contributed by atoms with Crippen molar-refractivity contribution in [3.8, 4) is 11.1 Å². The monoisotopic (exact) mass is 316 g/mol. The highest BCUT2D eigenvalue weighted by Crippen LogP contribution is 2.36. The summed E-state index contributed by atoms with van der Waals surface area (Å²) in [4.78, 5) is 0. The zero-order chi connectivity index (χ0) is 17.5. The van der Waals surface area contributed by atoms with E-state index in [0.717, 1.165) is 0 Å². The van der Waals surface area contributed by atoms with Gasteiger partial charge in [-0.1, -0.05) is 102 Å². The lowest BCUT2D eigenvalue weighted by molar-refractivity contribution is 0.590. The number of rotatable bonds is 1. The molecule has 0 heterocycles. The molecule has 0 radical (unpaired) electrons.